The lowest BCUT2D eigenvalue weighted by Crippen LogP contribution is -2.24. The highest BCUT2D eigenvalue weighted by Crippen LogP contribution is 2.33. The summed E-state index contributed by atoms with van der Waals surface area (Å²) in [5.74, 6) is 1.74. The van der Waals surface area contributed by atoms with Gasteiger partial charge >= 0.3 is 0 Å². The van der Waals surface area contributed by atoms with Crippen molar-refractivity contribution in [2.75, 3.05) is 21.3 Å². The number of H-pyrrole nitrogens is 1. The fraction of sp³-hybridized carbons (Fsp3) is 0.143. The Morgan fingerprint density at radius 1 is 0.857 bits per heavy atom. The number of nitrogens with one attached hydrogen (secondary N) is 2. The average Bonchev–Trinajstić information content (AvgIpc) is 3.29. The van der Waals surface area contributed by atoms with E-state index in [2.05, 4.69) is 10.3 Å². The van der Waals surface area contributed by atoms with Crippen LogP contribution in [0.1, 0.15) is 16.1 Å². The summed E-state index contributed by atoms with van der Waals surface area (Å²) in [6.07, 6.45) is 0. The number of carbonyl (C=O) groups is 1. The molecule has 176 valence electrons. The summed E-state index contributed by atoms with van der Waals surface area (Å²) in [5, 5.41) is 4.96. The maximum Gasteiger partial charge on any atom is 0.270 e. The van der Waals surface area contributed by atoms with Gasteiger partial charge < -0.3 is 24.5 Å². The van der Waals surface area contributed by atoms with E-state index in [0.29, 0.717) is 29.4 Å². The molecule has 2 heterocycles. The topological polar surface area (TPSA) is 85.5 Å². The number of rotatable bonds is 7. The molecule has 0 aliphatic rings. The molecule has 0 fully saturated rings. The zero-order chi connectivity index (χ0) is 24.4. The molecule has 0 spiro atoms. The van der Waals surface area contributed by atoms with E-state index in [0.717, 1.165) is 38.7 Å². The second kappa shape index (κ2) is 9.38. The van der Waals surface area contributed by atoms with Gasteiger partial charge in [-0.05, 0) is 54.1 Å². The van der Waals surface area contributed by atoms with E-state index < -0.39 is 0 Å². The van der Waals surface area contributed by atoms with Crippen LogP contribution in [0, 0.1) is 0 Å². The Labute approximate surface area is 202 Å². The van der Waals surface area contributed by atoms with Gasteiger partial charge in [-0.3, -0.25) is 4.79 Å². The monoisotopic (exact) mass is 467 g/mol. The van der Waals surface area contributed by atoms with E-state index in [4.69, 9.17) is 19.2 Å². The summed E-state index contributed by atoms with van der Waals surface area (Å²) >= 11 is 0. The number of pyridine rings is 1. The number of aromatic nitrogens is 2. The van der Waals surface area contributed by atoms with Crippen molar-refractivity contribution < 1.29 is 19.0 Å². The van der Waals surface area contributed by atoms with Gasteiger partial charge in [-0.15, -0.1) is 0 Å². The molecule has 0 unspecified atom stereocenters. The Bertz CT molecular complexity index is 1520. The zero-order valence-corrected chi connectivity index (χ0v) is 19.7. The molecule has 7 heteroatoms. The van der Waals surface area contributed by atoms with E-state index >= 15 is 0 Å². The lowest BCUT2D eigenvalue weighted by Gasteiger charge is -2.11. The minimum absolute atomic E-state index is 0.262. The van der Waals surface area contributed by atoms with Crippen LogP contribution in [0.15, 0.2) is 72.8 Å². The van der Waals surface area contributed by atoms with Crippen LogP contribution in [0.2, 0.25) is 0 Å². The van der Waals surface area contributed by atoms with Gasteiger partial charge in [0, 0.05) is 28.4 Å². The minimum atomic E-state index is -0.262. The number of nitrogens with zero attached hydrogens (tertiary/aromatic N) is 1. The third kappa shape index (κ3) is 4.24. The number of para-hydroxylation sites is 1. The number of hydrogen-bond donors (Lipinski definition) is 2. The van der Waals surface area contributed by atoms with Crippen molar-refractivity contribution in [3.63, 3.8) is 0 Å². The molecule has 0 aliphatic carbocycles. The van der Waals surface area contributed by atoms with Gasteiger partial charge in [0.2, 0.25) is 0 Å². The molecule has 0 radical (unpaired) electrons. The quantitative estimate of drug-likeness (QED) is 0.338. The SMILES string of the molecule is COc1ccc(-c2nc(C(=O)NCc3ccc(OC)c(OC)c3)cc3c2[nH]c2ccccc23)cc1. The van der Waals surface area contributed by atoms with Crippen LogP contribution in [0.5, 0.6) is 17.2 Å². The van der Waals surface area contributed by atoms with Gasteiger partial charge in [0.1, 0.15) is 11.4 Å². The third-order valence-electron chi connectivity index (χ3n) is 5.99. The first-order chi connectivity index (χ1) is 17.1. The molecule has 0 saturated heterocycles. The lowest BCUT2D eigenvalue weighted by atomic mass is 10.1. The molecule has 0 bridgehead atoms. The summed E-state index contributed by atoms with van der Waals surface area (Å²) in [7, 11) is 4.81. The number of amides is 1. The molecule has 2 N–H and O–H groups in total. The third-order valence-corrected chi connectivity index (χ3v) is 5.99. The zero-order valence-electron chi connectivity index (χ0n) is 19.7. The lowest BCUT2D eigenvalue weighted by molar-refractivity contribution is 0.0946. The van der Waals surface area contributed by atoms with Crippen LogP contribution in [0.25, 0.3) is 33.1 Å². The fourth-order valence-corrected chi connectivity index (χ4v) is 4.18. The molecule has 2 aromatic heterocycles. The van der Waals surface area contributed by atoms with Crippen molar-refractivity contribution in [2.45, 2.75) is 6.54 Å². The van der Waals surface area contributed by atoms with E-state index in [9.17, 15) is 4.79 Å². The predicted octanol–water partition coefficient (Wildman–Crippen LogP) is 5.34. The van der Waals surface area contributed by atoms with Crippen LogP contribution in [0.3, 0.4) is 0 Å². The first kappa shape index (κ1) is 22.3. The van der Waals surface area contributed by atoms with Crippen molar-refractivity contribution in [1.29, 1.82) is 0 Å². The van der Waals surface area contributed by atoms with Gasteiger partial charge in [0.05, 0.1) is 32.5 Å². The molecule has 0 aliphatic heterocycles. The minimum Gasteiger partial charge on any atom is -0.497 e. The molecule has 5 aromatic rings. The van der Waals surface area contributed by atoms with E-state index in [1.54, 1.807) is 21.3 Å². The van der Waals surface area contributed by atoms with Gasteiger partial charge in [-0.25, -0.2) is 4.98 Å². The highest BCUT2D eigenvalue weighted by Gasteiger charge is 2.17. The van der Waals surface area contributed by atoms with Crippen LogP contribution in [0.4, 0.5) is 0 Å². The van der Waals surface area contributed by atoms with Crippen molar-refractivity contribution in [1.82, 2.24) is 15.3 Å². The smallest absolute Gasteiger partial charge is 0.270 e. The number of methoxy groups -OCH3 is 3. The maximum atomic E-state index is 13.2. The van der Waals surface area contributed by atoms with Gasteiger partial charge in [-0.2, -0.15) is 0 Å². The fourth-order valence-electron chi connectivity index (χ4n) is 4.18. The molecular formula is C28H25N3O4. The first-order valence-corrected chi connectivity index (χ1v) is 11.2. The molecule has 3 aromatic carbocycles. The first-order valence-electron chi connectivity index (χ1n) is 11.2. The van der Waals surface area contributed by atoms with Crippen LogP contribution in [-0.4, -0.2) is 37.2 Å². The Kier molecular flexibility index (Phi) is 5.97. The number of benzene rings is 3. The van der Waals surface area contributed by atoms with Crippen molar-refractivity contribution >= 4 is 27.7 Å². The number of carbonyl (C=O) groups excluding carboxylic acids is 1. The Morgan fingerprint density at radius 2 is 1.63 bits per heavy atom. The maximum absolute atomic E-state index is 13.2. The summed E-state index contributed by atoms with van der Waals surface area (Å²) < 4.78 is 16.0. The molecule has 35 heavy (non-hydrogen) atoms. The molecule has 7 nitrogen and oxygen atoms in total. The largest absolute Gasteiger partial charge is 0.497 e. The van der Waals surface area contributed by atoms with E-state index in [1.165, 1.54) is 0 Å². The predicted molar refractivity (Wildman–Crippen MR) is 136 cm³/mol. The van der Waals surface area contributed by atoms with E-state index in [-0.39, 0.29) is 5.91 Å². The molecular weight excluding hydrogens is 442 g/mol. The summed E-state index contributed by atoms with van der Waals surface area (Å²) in [6.45, 7) is 0.324. The highest BCUT2D eigenvalue weighted by molar-refractivity contribution is 6.13. The van der Waals surface area contributed by atoms with Crippen LogP contribution < -0.4 is 19.5 Å². The Morgan fingerprint density at radius 3 is 2.37 bits per heavy atom. The number of ether oxygens (including phenoxy) is 3. The normalized spacial score (nSPS) is 10.9. The second-order valence-corrected chi connectivity index (χ2v) is 8.05. The van der Waals surface area contributed by atoms with Crippen LogP contribution >= 0.6 is 0 Å². The summed E-state index contributed by atoms with van der Waals surface area (Å²) in [6, 6.07) is 23.1. The average molecular weight is 468 g/mol. The molecule has 0 atom stereocenters. The molecule has 0 saturated carbocycles. The van der Waals surface area contributed by atoms with Crippen molar-refractivity contribution in [3.8, 4) is 28.5 Å². The standard InChI is InChI=1S/C28H25N3O4/c1-33-19-11-9-18(10-12-19)26-27-21(20-6-4-5-7-22(20)30-27)15-23(31-26)28(32)29-16-17-8-13-24(34-2)25(14-17)35-3/h4-15,30H,16H2,1-3H3,(H,29,32). The second-order valence-electron chi connectivity index (χ2n) is 8.05. The van der Waals surface area contributed by atoms with Gasteiger partial charge in [-0.1, -0.05) is 24.3 Å². The van der Waals surface area contributed by atoms with Gasteiger partial charge in [0.15, 0.2) is 11.5 Å². The molecule has 1 amide bonds. The molecule has 5 rings (SSSR count). The van der Waals surface area contributed by atoms with Gasteiger partial charge in [0.25, 0.3) is 5.91 Å². The van der Waals surface area contributed by atoms with Crippen molar-refractivity contribution in [2.24, 2.45) is 0 Å². The number of aromatic amines is 1. The highest BCUT2D eigenvalue weighted by atomic mass is 16.5. The van der Waals surface area contributed by atoms with Crippen molar-refractivity contribution in [3.05, 3.63) is 84.1 Å². The number of hydrogen-bond acceptors (Lipinski definition) is 5. The summed E-state index contributed by atoms with van der Waals surface area (Å²) in [5.41, 5.74) is 4.69. The Balaban J connectivity index is 1.53. The van der Waals surface area contributed by atoms with Crippen LogP contribution in [-0.2, 0) is 6.54 Å². The summed E-state index contributed by atoms with van der Waals surface area (Å²) in [4.78, 5) is 21.5. The Hall–Kier alpha value is -4.52. The number of fused-ring (bicyclic) bond motifs is 3. The van der Waals surface area contributed by atoms with E-state index in [1.807, 2.05) is 72.8 Å².